The molecule has 0 heterocycles. The van der Waals surface area contributed by atoms with Gasteiger partial charge in [0.15, 0.2) is 5.11 Å². The number of thiocarbonyl (C=S) groups is 1. The molecular weight excluding hydrogens is 258 g/mol. The third-order valence-corrected chi connectivity index (χ3v) is 3.42. The molecule has 1 aliphatic carbocycles. The molecule has 0 bridgehead atoms. The molecule has 1 aromatic rings. The van der Waals surface area contributed by atoms with Crippen LogP contribution in [0.5, 0.6) is 5.75 Å². The molecule has 0 atom stereocenters. The molecule has 0 spiro atoms. The summed E-state index contributed by atoms with van der Waals surface area (Å²) < 4.78 is 0. The van der Waals surface area contributed by atoms with Crippen molar-refractivity contribution in [2.75, 3.05) is 0 Å². The number of hydrogen-bond acceptors (Lipinski definition) is 3. The van der Waals surface area contributed by atoms with Crippen molar-refractivity contribution in [2.45, 2.75) is 38.1 Å². The van der Waals surface area contributed by atoms with E-state index in [4.69, 9.17) is 17.3 Å². The first-order valence-electron chi connectivity index (χ1n) is 6.62. The summed E-state index contributed by atoms with van der Waals surface area (Å²) in [6.45, 7) is 0. The third-order valence-electron chi connectivity index (χ3n) is 3.21. The van der Waals surface area contributed by atoms with Gasteiger partial charge in [-0.15, -0.1) is 0 Å². The highest BCUT2D eigenvalue weighted by Gasteiger charge is 2.13. The van der Waals surface area contributed by atoms with E-state index in [1.807, 2.05) is 0 Å². The van der Waals surface area contributed by atoms with Crippen molar-refractivity contribution in [3.63, 3.8) is 0 Å². The van der Waals surface area contributed by atoms with Gasteiger partial charge in [0.25, 0.3) is 0 Å². The zero-order valence-electron chi connectivity index (χ0n) is 10.8. The number of phenolic OH excluding ortho intramolecular Hbond substituents is 1. The van der Waals surface area contributed by atoms with Gasteiger partial charge in [-0.2, -0.15) is 5.10 Å². The van der Waals surface area contributed by atoms with Crippen LogP contribution in [0, 0.1) is 0 Å². The van der Waals surface area contributed by atoms with Gasteiger partial charge in [-0.3, -0.25) is 5.43 Å². The van der Waals surface area contributed by atoms with Gasteiger partial charge in [0, 0.05) is 6.04 Å². The normalized spacial score (nSPS) is 16.4. The summed E-state index contributed by atoms with van der Waals surface area (Å²) in [5.41, 5.74) is 3.73. The Morgan fingerprint density at radius 3 is 2.58 bits per heavy atom. The minimum absolute atomic E-state index is 0.250. The second-order valence-electron chi connectivity index (χ2n) is 4.77. The first-order chi connectivity index (χ1) is 9.24. The van der Waals surface area contributed by atoms with Gasteiger partial charge in [-0.25, -0.2) is 0 Å². The largest absolute Gasteiger partial charge is 0.508 e. The number of phenols is 1. The highest BCUT2D eigenvalue weighted by atomic mass is 32.1. The molecule has 0 amide bonds. The smallest absolute Gasteiger partial charge is 0.187 e. The van der Waals surface area contributed by atoms with Gasteiger partial charge < -0.3 is 10.4 Å². The molecule has 1 saturated carbocycles. The maximum atomic E-state index is 9.16. The van der Waals surface area contributed by atoms with Crippen LogP contribution in [0.15, 0.2) is 29.4 Å². The van der Waals surface area contributed by atoms with Crippen LogP contribution in [-0.4, -0.2) is 22.5 Å². The zero-order chi connectivity index (χ0) is 13.5. The molecule has 5 heteroatoms. The van der Waals surface area contributed by atoms with Crippen LogP contribution >= 0.6 is 12.2 Å². The molecule has 0 unspecified atom stereocenters. The monoisotopic (exact) mass is 277 g/mol. The van der Waals surface area contributed by atoms with Gasteiger partial charge >= 0.3 is 0 Å². The van der Waals surface area contributed by atoms with E-state index < -0.39 is 0 Å². The van der Waals surface area contributed by atoms with E-state index in [2.05, 4.69) is 15.8 Å². The van der Waals surface area contributed by atoms with Gasteiger partial charge in [0.05, 0.1) is 6.21 Å². The molecule has 102 valence electrons. The van der Waals surface area contributed by atoms with Crippen LogP contribution in [0.2, 0.25) is 0 Å². The number of hydrazone groups is 1. The van der Waals surface area contributed by atoms with E-state index in [0.717, 1.165) is 5.56 Å². The van der Waals surface area contributed by atoms with Crippen LogP contribution in [-0.2, 0) is 0 Å². The van der Waals surface area contributed by atoms with Crippen LogP contribution in [0.1, 0.15) is 37.7 Å². The summed E-state index contributed by atoms with van der Waals surface area (Å²) in [6, 6.07) is 7.31. The number of aromatic hydroxyl groups is 1. The quantitative estimate of drug-likeness (QED) is 0.451. The van der Waals surface area contributed by atoms with Crippen molar-refractivity contribution >= 4 is 23.5 Å². The molecule has 0 aliphatic heterocycles. The van der Waals surface area contributed by atoms with E-state index in [-0.39, 0.29) is 5.75 Å². The van der Waals surface area contributed by atoms with Crippen molar-refractivity contribution in [2.24, 2.45) is 5.10 Å². The lowest BCUT2D eigenvalue weighted by molar-refractivity contribution is 0.412. The summed E-state index contributed by atoms with van der Waals surface area (Å²) in [5, 5.41) is 17.1. The van der Waals surface area contributed by atoms with Crippen molar-refractivity contribution < 1.29 is 5.11 Å². The SMILES string of the molecule is Oc1ccc(/C=N/NC(=S)NC2CCCCC2)cc1. The molecule has 3 N–H and O–H groups in total. The Morgan fingerprint density at radius 2 is 1.89 bits per heavy atom. The molecule has 2 rings (SSSR count). The van der Waals surface area contributed by atoms with Crippen LogP contribution in [0.3, 0.4) is 0 Å². The summed E-state index contributed by atoms with van der Waals surface area (Å²) in [4.78, 5) is 0. The van der Waals surface area contributed by atoms with Crippen molar-refractivity contribution in [1.29, 1.82) is 0 Å². The van der Waals surface area contributed by atoms with E-state index >= 15 is 0 Å². The topological polar surface area (TPSA) is 56.7 Å². The molecule has 1 fully saturated rings. The fourth-order valence-corrected chi connectivity index (χ4v) is 2.41. The molecule has 0 radical (unpaired) electrons. The third kappa shape index (κ3) is 4.87. The Morgan fingerprint density at radius 1 is 1.21 bits per heavy atom. The van der Waals surface area contributed by atoms with E-state index in [0.29, 0.717) is 11.2 Å². The Kier molecular flexibility index (Phi) is 5.15. The van der Waals surface area contributed by atoms with Crippen molar-refractivity contribution in [3.8, 4) is 5.75 Å². The average molecular weight is 277 g/mol. The average Bonchev–Trinajstić information content (AvgIpc) is 2.42. The Bertz CT molecular complexity index is 439. The minimum atomic E-state index is 0.250. The Hall–Kier alpha value is -1.62. The number of benzene rings is 1. The van der Waals surface area contributed by atoms with Gasteiger partial charge in [0.2, 0.25) is 0 Å². The standard InChI is InChI=1S/C14H19N3OS/c18-13-8-6-11(7-9-13)10-15-17-14(19)16-12-4-2-1-3-5-12/h6-10,12,18H,1-5H2,(H2,16,17,19)/b15-10+. The predicted molar refractivity (Wildman–Crippen MR) is 81.4 cm³/mol. The van der Waals surface area contributed by atoms with Gasteiger partial charge in [-0.1, -0.05) is 19.3 Å². The molecule has 1 aliphatic rings. The van der Waals surface area contributed by atoms with Crippen LogP contribution in [0.25, 0.3) is 0 Å². The number of rotatable bonds is 3. The second-order valence-corrected chi connectivity index (χ2v) is 5.18. The Labute approximate surface area is 118 Å². The number of nitrogens with one attached hydrogen (secondary N) is 2. The first-order valence-corrected chi connectivity index (χ1v) is 7.03. The highest BCUT2D eigenvalue weighted by Crippen LogP contribution is 2.17. The zero-order valence-corrected chi connectivity index (χ0v) is 11.6. The maximum absolute atomic E-state index is 9.16. The molecule has 0 saturated heterocycles. The lowest BCUT2D eigenvalue weighted by atomic mass is 9.96. The van der Waals surface area contributed by atoms with Crippen molar-refractivity contribution in [3.05, 3.63) is 29.8 Å². The molecular formula is C14H19N3OS. The Balaban J connectivity index is 1.74. The summed E-state index contributed by atoms with van der Waals surface area (Å²) in [6.07, 6.45) is 7.92. The molecule has 19 heavy (non-hydrogen) atoms. The minimum Gasteiger partial charge on any atom is -0.508 e. The van der Waals surface area contributed by atoms with Crippen LogP contribution < -0.4 is 10.7 Å². The molecule has 1 aromatic carbocycles. The lowest BCUT2D eigenvalue weighted by Crippen LogP contribution is -2.40. The predicted octanol–water partition coefficient (Wildman–Crippen LogP) is 2.52. The maximum Gasteiger partial charge on any atom is 0.187 e. The van der Waals surface area contributed by atoms with Gasteiger partial charge in [-0.05, 0) is 54.9 Å². The van der Waals surface area contributed by atoms with E-state index in [9.17, 15) is 0 Å². The van der Waals surface area contributed by atoms with E-state index in [1.54, 1.807) is 30.5 Å². The summed E-state index contributed by atoms with van der Waals surface area (Å²) >= 11 is 5.20. The van der Waals surface area contributed by atoms with Gasteiger partial charge in [0.1, 0.15) is 5.75 Å². The highest BCUT2D eigenvalue weighted by molar-refractivity contribution is 7.80. The van der Waals surface area contributed by atoms with Crippen molar-refractivity contribution in [1.82, 2.24) is 10.7 Å². The first kappa shape index (κ1) is 13.8. The number of hydrogen-bond donors (Lipinski definition) is 3. The fourth-order valence-electron chi connectivity index (χ4n) is 2.19. The lowest BCUT2D eigenvalue weighted by Gasteiger charge is -2.23. The molecule has 0 aromatic heterocycles. The second kappa shape index (κ2) is 7.09. The van der Waals surface area contributed by atoms with Crippen LogP contribution in [0.4, 0.5) is 0 Å². The fraction of sp³-hybridized carbons (Fsp3) is 0.429. The number of nitrogens with zero attached hydrogens (tertiary/aromatic N) is 1. The van der Waals surface area contributed by atoms with E-state index in [1.165, 1.54) is 32.1 Å². The molecule has 4 nitrogen and oxygen atoms in total. The summed E-state index contributed by atoms with van der Waals surface area (Å²) in [7, 11) is 0. The summed E-state index contributed by atoms with van der Waals surface area (Å²) in [5.74, 6) is 0.250.